The number of rotatable bonds is 6. The molecule has 0 aliphatic rings. The first-order valence-corrected chi connectivity index (χ1v) is 16.4. The van der Waals surface area contributed by atoms with Crippen molar-refractivity contribution < 1.29 is 4.42 Å². The molecule has 0 amide bonds. The topological polar surface area (TPSA) is 51.8 Å². The normalized spacial score (nSPS) is 11.3. The Morgan fingerprint density at radius 2 is 0.755 bits per heavy atom. The van der Waals surface area contributed by atoms with Crippen LogP contribution in [0.4, 0.5) is 0 Å². The first-order chi connectivity index (χ1) is 24.3. The third-order valence-corrected chi connectivity index (χ3v) is 8.96. The van der Waals surface area contributed by atoms with Crippen molar-refractivity contribution in [1.82, 2.24) is 15.0 Å². The summed E-state index contributed by atoms with van der Waals surface area (Å²) in [6, 6.07) is 60.6. The van der Waals surface area contributed by atoms with Gasteiger partial charge in [0.2, 0.25) is 0 Å². The van der Waals surface area contributed by atoms with Crippen LogP contribution in [0, 0.1) is 0 Å². The fraction of sp³-hybridized carbons (Fsp3) is 0. The molecule has 2 heterocycles. The Morgan fingerprint density at radius 3 is 1.35 bits per heavy atom. The fourth-order valence-electron chi connectivity index (χ4n) is 6.49. The predicted molar refractivity (Wildman–Crippen MR) is 200 cm³/mol. The van der Waals surface area contributed by atoms with Crippen LogP contribution in [0.2, 0.25) is 0 Å². The Bertz CT molecular complexity index is 2520. The summed E-state index contributed by atoms with van der Waals surface area (Å²) in [7, 11) is 0. The molecule has 0 saturated heterocycles. The highest BCUT2D eigenvalue weighted by molar-refractivity contribution is 6.12. The number of nitrogens with zero attached hydrogens (tertiary/aromatic N) is 3. The number of aromatic nitrogens is 3. The molecule has 0 saturated carbocycles. The van der Waals surface area contributed by atoms with Gasteiger partial charge in [0, 0.05) is 27.5 Å². The molecular formula is C45H29N3O. The summed E-state index contributed by atoms with van der Waals surface area (Å²) in [6.45, 7) is 0. The van der Waals surface area contributed by atoms with E-state index in [4.69, 9.17) is 19.4 Å². The van der Waals surface area contributed by atoms with Gasteiger partial charge < -0.3 is 4.42 Å². The average molecular weight is 628 g/mol. The molecule has 0 atom stereocenters. The van der Waals surface area contributed by atoms with Crippen molar-refractivity contribution in [1.29, 1.82) is 0 Å². The van der Waals surface area contributed by atoms with Gasteiger partial charge in [0.25, 0.3) is 0 Å². The monoisotopic (exact) mass is 627 g/mol. The van der Waals surface area contributed by atoms with Crippen LogP contribution in [0.25, 0.3) is 89.5 Å². The second-order valence-electron chi connectivity index (χ2n) is 12.1. The number of fused-ring (bicyclic) bond motifs is 3. The second kappa shape index (κ2) is 12.2. The maximum absolute atomic E-state index is 6.39. The summed E-state index contributed by atoms with van der Waals surface area (Å²) in [5.41, 5.74) is 11.4. The van der Waals surface area contributed by atoms with Gasteiger partial charge in [-0.15, -0.1) is 0 Å². The zero-order valence-corrected chi connectivity index (χ0v) is 26.5. The Kier molecular flexibility index (Phi) is 7.10. The lowest BCUT2D eigenvalue weighted by Crippen LogP contribution is -2.00. The van der Waals surface area contributed by atoms with Crippen LogP contribution < -0.4 is 0 Å². The van der Waals surface area contributed by atoms with Crippen LogP contribution in [0.3, 0.4) is 0 Å². The molecule has 2 aromatic heterocycles. The summed E-state index contributed by atoms with van der Waals surface area (Å²) in [5.74, 6) is 1.86. The largest absolute Gasteiger partial charge is 0.456 e. The van der Waals surface area contributed by atoms with Gasteiger partial charge in [-0.2, -0.15) is 0 Å². The summed E-state index contributed by atoms with van der Waals surface area (Å²) in [5, 5.41) is 2.00. The fourth-order valence-corrected chi connectivity index (χ4v) is 6.49. The molecule has 0 radical (unpaired) electrons. The van der Waals surface area contributed by atoms with Gasteiger partial charge in [0.05, 0.1) is 0 Å². The summed E-state index contributed by atoms with van der Waals surface area (Å²) < 4.78 is 6.39. The molecule has 49 heavy (non-hydrogen) atoms. The molecule has 0 spiro atoms. The summed E-state index contributed by atoms with van der Waals surface area (Å²) in [6.07, 6.45) is 0. The maximum Gasteiger partial charge on any atom is 0.164 e. The average Bonchev–Trinajstić information content (AvgIpc) is 3.57. The first-order valence-electron chi connectivity index (χ1n) is 16.4. The number of hydrogen-bond donors (Lipinski definition) is 0. The molecule has 0 bridgehead atoms. The van der Waals surface area contributed by atoms with Gasteiger partial charge in [-0.3, -0.25) is 0 Å². The molecule has 0 unspecified atom stereocenters. The van der Waals surface area contributed by atoms with Gasteiger partial charge in [-0.1, -0.05) is 152 Å². The van der Waals surface area contributed by atoms with E-state index >= 15 is 0 Å². The molecule has 4 nitrogen and oxygen atoms in total. The molecule has 9 aromatic rings. The van der Waals surface area contributed by atoms with E-state index in [0.29, 0.717) is 17.5 Å². The lowest BCUT2D eigenvalue weighted by atomic mass is 9.96. The van der Waals surface area contributed by atoms with E-state index in [1.807, 2.05) is 78.9 Å². The van der Waals surface area contributed by atoms with E-state index < -0.39 is 0 Å². The van der Waals surface area contributed by atoms with E-state index in [-0.39, 0.29) is 0 Å². The number of benzene rings is 7. The van der Waals surface area contributed by atoms with Crippen molar-refractivity contribution >= 4 is 21.9 Å². The minimum atomic E-state index is 0.605. The van der Waals surface area contributed by atoms with Crippen molar-refractivity contribution in [3.05, 3.63) is 176 Å². The van der Waals surface area contributed by atoms with E-state index in [1.165, 1.54) is 22.3 Å². The van der Waals surface area contributed by atoms with Gasteiger partial charge >= 0.3 is 0 Å². The van der Waals surface area contributed by atoms with E-state index in [9.17, 15) is 0 Å². The Labute approximate surface area is 284 Å². The minimum Gasteiger partial charge on any atom is -0.456 e. The van der Waals surface area contributed by atoms with Crippen molar-refractivity contribution in [2.75, 3.05) is 0 Å². The van der Waals surface area contributed by atoms with Crippen LogP contribution in [0.1, 0.15) is 0 Å². The van der Waals surface area contributed by atoms with Gasteiger partial charge in [-0.05, 0) is 57.6 Å². The van der Waals surface area contributed by atoms with Crippen LogP contribution in [-0.2, 0) is 0 Å². The molecular weight excluding hydrogens is 599 g/mol. The third kappa shape index (κ3) is 5.45. The number of hydrogen-bond acceptors (Lipinski definition) is 4. The molecule has 4 heteroatoms. The molecule has 9 rings (SSSR count). The summed E-state index contributed by atoms with van der Waals surface area (Å²) in [4.78, 5) is 14.9. The van der Waals surface area contributed by atoms with Crippen molar-refractivity contribution in [3.8, 4) is 67.5 Å². The van der Waals surface area contributed by atoms with E-state index in [2.05, 4.69) is 97.1 Å². The highest BCUT2D eigenvalue weighted by Gasteiger charge is 2.18. The van der Waals surface area contributed by atoms with Gasteiger partial charge in [-0.25, -0.2) is 15.0 Å². The Morgan fingerprint density at radius 1 is 0.306 bits per heavy atom. The van der Waals surface area contributed by atoms with Crippen molar-refractivity contribution in [2.45, 2.75) is 0 Å². The molecule has 0 aliphatic carbocycles. The smallest absolute Gasteiger partial charge is 0.164 e. The molecule has 230 valence electrons. The van der Waals surface area contributed by atoms with Crippen molar-refractivity contribution in [3.63, 3.8) is 0 Å². The Balaban J connectivity index is 1.13. The molecule has 0 N–H and O–H groups in total. The van der Waals surface area contributed by atoms with E-state index in [0.717, 1.165) is 49.8 Å². The van der Waals surface area contributed by atoms with Crippen LogP contribution in [0.15, 0.2) is 180 Å². The standard InChI is InChI=1S/C45H29N3O/c1-4-12-30(13-5-1)35-18-10-19-36(28-35)31-22-24-32(25-23-31)37-26-27-40-39(29-37)42-38(20-11-21-41(42)49-40)45-47-43(33-14-6-2-7-15-33)46-44(48-45)34-16-8-3-9-17-34/h1-29H. The zero-order valence-electron chi connectivity index (χ0n) is 26.5. The highest BCUT2D eigenvalue weighted by atomic mass is 16.3. The zero-order chi connectivity index (χ0) is 32.6. The molecule has 0 aliphatic heterocycles. The van der Waals surface area contributed by atoms with Crippen LogP contribution >= 0.6 is 0 Å². The second-order valence-corrected chi connectivity index (χ2v) is 12.1. The summed E-state index contributed by atoms with van der Waals surface area (Å²) >= 11 is 0. The van der Waals surface area contributed by atoms with E-state index in [1.54, 1.807) is 0 Å². The Hall–Kier alpha value is -6.65. The number of furan rings is 1. The lowest BCUT2D eigenvalue weighted by molar-refractivity contribution is 0.669. The first kappa shape index (κ1) is 28.6. The maximum atomic E-state index is 6.39. The minimum absolute atomic E-state index is 0.605. The van der Waals surface area contributed by atoms with Gasteiger partial charge in [0.1, 0.15) is 11.2 Å². The van der Waals surface area contributed by atoms with Crippen LogP contribution in [-0.4, -0.2) is 15.0 Å². The molecule has 7 aromatic carbocycles. The third-order valence-electron chi connectivity index (χ3n) is 8.96. The highest BCUT2D eigenvalue weighted by Crippen LogP contribution is 2.39. The SMILES string of the molecule is c1ccc(-c2cccc(-c3ccc(-c4ccc5oc6cccc(-c7nc(-c8ccccc8)nc(-c8ccccc8)n7)c6c5c4)cc3)c2)cc1. The van der Waals surface area contributed by atoms with Crippen molar-refractivity contribution in [2.24, 2.45) is 0 Å². The molecule has 0 fully saturated rings. The lowest BCUT2D eigenvalue weighted by Gasteiger charge is -2.09. The van der Waals surface area contributed by atoms with Crippen LogP contribution in [0.5, 0.6) is 0 Å². The quantitative estimate of drug-likeness (QED) is 0.184. The predicted octanol–water partition coefficient (Wildman–Crippen LogP) is 11.8. The van der Waals surface area contributed by atoms with Gasteiger partial charge in [0.15, 0.2) is 17.5 Å².